The summed E-state index contributed by atoms with van der Waals surface area (Å²) in [6.45, 7) is 1.75. The van der Waals surface area contributed by atoms with Crippen molar-refractivity contribution >= 4 is 17.5 Å². The normalized spacial score (nSPS) is 14.3. The summed E-state index contributed by atoms with van der Waals surface area (Å²) in [5.41, 5.74) is 1.96. The van der Waals surface area contributed by atoms with Crippen LogP contribution in [-0.4, -0.2) is 37.1 Å². The van der Waals surface area contributed by atoms with E-state index in [1.165, 1.54) is 0 Å². The number of amides is 1. The maximum absolute atomic E-state index is 12.2. The molecule has 0 radical (unpaired) electrons. The number of likely N-dealkylation sites (tertiary alicyclic amines) is 1. The number of hydrogen-bond acceptors (Lipinski definition) is 3. The van der Waals surface area contributed by atoms with Crippen LogP contribution >= 0.6 is 11.6 Å². The Labute approximate surface area is 146 Å². The van der Waals surface area contributed by atoms with Crippen LogP contribution in [0.25, 0.3) is 0 Å². The lowest BCUT2D eigenvalue weighted by Gasteiger charge is -2.39. The van der Waals surface area contributed by atoms with Gasteiger partial charge >= 0.3 is 0 Å². The number of benzene rings is 2. The third-order valence-electron chi connectivity index (χ3n) is 4.15. The van der Waals surface area contributed by atoms with Gasteiger partial charge in [0.2, 0.25) is 5.91 Å². The van der Waals surface area contributed by atoms with E-state index in [1.807, 2.05) is 53.4 Å². The van der Waals surface area contributed by atoms with Crippen molar-refractivity contribution in [3.05, 3.63) is 64.7 Å². The third-order valence-corrected chi connectivity index (χ3v) is 4.52. The van der Waals surface area contributed by atoms with Crippen molar-refractivity contribution in [3.63, 3.8) is 0 Å². The van der Waals surface area contributed by atoms with Gasteiger partial charge in [-0.05, 0) is 29.3 Å². The zero-order chi connectivity index (χ0) is 16.9. The Bertz CT molecular complexity index is 696. The molecule has 0 atom stereocenters. The SMILES string of the molecule is COc1ccc(CC(=O)N2CC(OCc3ccccc3Cl)C2)cc1. The second-order valence-electron chi connectivity index (χ2n) is 5.85. The highest BCUT2D eigenvalue weighted by Gasteiger charge is 2.31. The highest BCUT2D eigenvalue weighted by atomic mass is 35.5. The largest absolute Gasteiger partial charge is 0.497 e. The van der Waals surface area contributed by atoms with E-state index in [2.05, 4.69) is 0 Å². The fourth-order valence-corrected chi connectivity index (χ4v) is 2.79. The molecule has 0 spiro atoms. The van der Waals surface area contributed by atoms with Crippen LogP contribution in [0.4, 0.5) is 0 Å². The van der Waals surface area contributed by atoms with Crippen molar-refractivity contribution in [1.29, 1.82) is 0 Å². The van der Waals surface area contributed by atoms with E-state index in [0.29, 0.717) is 31.1 Å². The molecule has 1 aliphatic heterocycles. The highest BCUT2D eigenvalue weighted by Crippen LogP contribution is 2.20. The van der Waals surface area contributed by atoms with Gasteiger partial charge in [0.15, 0.2) is 0 Å². The average Bonchev–Trinajstić information content (AvgIpc) is 2.55. The first-order chi connectivity index (χ1) is 11.7. The predicted octanol–water partition coefficient (Wildman–Crippen LogP) is 3.32. The number of carbonyl (C=O) groups is 1. The number of methoxy groups -OCH3 is 1. The first kappa shape index (κ1) is 16.8. The van der Waals surface area contributed by atoms with Gasteiger partial charge < -0.3 is 14.4 Å². The van der Waals surface area contributed by atoms with Crippen LogP contribution in [0.2, 0.25) is 5.02 Å². The lowest BCUT2D eigenvalue weighted by molar-refractivity contribution is -0.145. The molecule has 2 aromatic rings. The van der Waals surface area contributed by atoms with E-state index < -0.39 is 0 Å². The van der Waals surface area contributed by atoms with E-state index in [9.17, 15) is 4.79 Å². The molecule has 0 unspecified atom stereocenters. The number of hydrogen-bond donors (Lipinski definition) is 0. The first-order valence-corrected chi connectivity index (χ1v) is 8.29. The molecule has 0 saturated carbocycles. The van der Waals surface area contributed by atoms with Gasteiger partial charge in [-0.25, -0.2) is 0 Å². The summed E-state index contributed by atoms with van der Waals surface area (Å²) in [6.07, 6.45) is 0.488. The van der Waals surface area contributed by atoms with Crippen LogP contribution in [0, 0.1) is 0 Å². The Morgan fingerprint density at radius 3 is 2.54 bits per heavy atom. The summed E-state index contributed by atoms with van der Waals surface area (Å²) < 4.78 is 10.9. The first-order valence-electron chi connectivity index (χ1n) is 7.91. The standard InChI is InChI=1S/C19H20ClNO3/c1-23-16-8-6-14(7-9-16)10-19(22)21-11-17(12-21)24-13-15-4-2-3-5-18(15)20/h2-9,17H,10-13H2,1H3. The minimum Gasteiger partial charge on any atom is -0.497 e. The van der Waals surface area contributed by atoms with E-state index in [1.54, 1.807) is 7.11 Å². The molecule has 1 fully saturated rings. The molecule has 3 rings (SSSR count). The lowest BCUT2D eigenvalue weighted by Crippen LogP contribution is -2.55. The molecule has 1 amide bonds. The number of nitrogens with zero attached hydrogens (tertiary/aromatic N) is 1. The number of ether oxygens (including phenoxy) is 2. The summed E-state index contributed by atoms with van der Waals surface area (Å²) in [5, 5.41) is 0.712. The Balaban J connectivity index is 1.42. The molecule has 2 aromatic carbocycles. The minimum absolute atomic E-state index is 0.0843. The van der Waals surface area contributed by atoms with Crippen LogP contribution < -0.4 is 4.74 Å². The maximum Gasteiger partial charge on any atom is 0.227 e. The molecule has 0 aliphatic carbocycles. The van der Waals surface area contributed by atoms with Gasteiger partial charge in [0, 0.05) is 18.1 Å². The second kappa shape index (κ2) is 7.69. The van der Waals surface area contributed by atoms with Crippen molar-refractivity contribution in [1.82, 2.24) is 4.90 Å². The minimum atomic E-state index is 0.0843. The van der Waals surface area contributed by atoms with E-state index in [0.717, 1.165) is 16.9 Å². The van der Waals surface area contributed by atoms with Crippen LogP contribution in [0.1, 0.15) is 11.1 Å². The topological polar surface area (TPSA) is 38.8 Å². The number of carbonyl (C=O) groups excluding carboxylic acids is 1. The molecule has 0 aromatic heterocycles. The highest BCUT2D eigenvalue weighted by molar-refractivity contribution is 6.31. The van der Waals surface area contributed by atoms with Crippen molar-refractivity contribution in [2.75, 3.05) is 20.2 Å². The summed E-state index contributed by atoms with van der Waals surface area (Å²) in [7, 11) is 1.63. The van der Waals surface area contributed by atoms with Gasteiger partial charge in [0.1, 0.15) is 5.75 Å². The van der Waals surface area contributed by atoms with Crippen molar-refractivity contribution in [2.24, 2.45) is 0 Å². The zero-order valence-electron chi connectivity index (χ0n) is 13.6. The van der Waals surface area contributed by atoms with Crippen LogP contribution in [0.15, 0.2) is 48.5 Å². The Kier molecular flexibility index (Phi) is 5.38. The smallest absolute Gasteiger partial charge is 0.227 e. The second-order valence-corrected chi connectivity index (χ2v) is 6.26. The van der Waals surface area contributed by atoms with Crippen LogP contribution in [0.3, 0.4) is 0 Å². The lowest BCUT2D eigenvalue weighted by atomic mass is 10.1. The Hall–Kier alpha value is -2.04. The van der Waals surface area contributed by atoms with Gasteiger partial charge in [-0.2, -0.15) is 0 Å². The molecular formula is C19H20ClNO3. The Morgan fingerprint density at radius 2 is 1.88 bits per heavy atom. The molecule has 1 heterocycles. The summed E-state index contributed by atoms with van der Waals surface area (Å²) >= 11 is 6.11. The fraction of sp³-hybridized carbons (Fsp3) is 0.316. The molecule has 0 bridgehead atoms. The van der Waals surface area contributed by atoms with E-state index >= 15 is 0 Å². The molecule has 0 N–H and O–H groups in total. The van der Waals surface area contributed by atoms with Gasteiger partial charge in [0.05, 0.1) is 26.2 Å². The van der Waals surface area contributed by atoms with Crippen molar-refractivity contribution in [2.45, 2.75) is 19.1 Å². The van der Waals surface area contributed by atoms with Gasteiger partial charge in [0.25, 0.3) is 0 Å². The predicted molar refractivity (Wildman–Crippen MR) is 93.3 cm³/mol. The van der Waals surface area contributed by atoms with E-state index in [-0.39, 0.29) is 12.0 Å². The fourth-order valence-electron chi connectivity index (χ4n) is 2.60. The van der Waals surface area contributed by atoms with Gasteiger partial charge in [-0.1, -0.05) is 41.9 Å². The van der Waals surface area contributed by atoms with Crippen LogP contribution in [-0.2, 0) is 22.6 Å². The quantitative estimate of drug-likeness (QED) is 0.806. The zero-order valence-corrected chi connectivity index (χ0v) is 14.3. The van der Waals surface area contributed by atoms with E-state index in [4.69, 9.17) is 21.1 Å². The molecular weight excluding hydrogens is 326 g/mol. The summed E-state index contributed by atoms with van der Waals surface area (Å²) in [5.74, 6) is 0.918. The maximum atomic E-state index is 12.2. The number of rotatable bonds is 6. The number of halogens is 1. The molecule has 4 nitrogen and oxygen atoms in total. The Morgan fingerprint density at radius 1 is 1.17 bits per heavy atom. The van der Waals surface area contributed by atoms with Gasteiger partial charge in [-0.15, -0.1) is 0 Å². The van der Waals surface area contributed by atoms with Crippen molar-refractivity contribution < 1.29 is 14.3 Å². The molecule has 24 heavy (non-hydrogen) atoms. The molecule has 5 heteroatoms. The molecule has 1 aliphatic rings. The molecule has 1 saturated heterocycles. The molecule has 126 valence electrons. The average molecular weight is 346 g/mol. The van der Waals surface area contributed by atoms with Gasteiger partial charge in [-0.3, -0.25) is 4.79 Å². The summed E-state index contributed by atoms with van der Waals surface area (Å²) in [6, 6.07) is 15.2. The third kappa shape index (κ3) is 4.08. The monoisotopic (exact) mass is 345 g/mol. The van der Waals surface area contributed by atoms with Crippen molar-refractivity contribution in [3.8, 4) is 5.75 Å². The summed E-state index contributed by atoms with van der Waals surface area (Å²) in [4.78, 5) is 14.1. The van der Waals surface area contributed by atoms with Crippen LogP contribution in [0.5, 0.6) is 5.75 Å².